The summed E-state index contributed by atoms with van der Waals surface area (Å²) in [5.41, 5.74) is 0. The quantitative estimate of drug-likeness (QED) is 0.548. The first-order chi connectivity index (χ1) is 5.81. The fourth-order valence-electron chi connectivity index (χ4n) is 0.559. The highest BCUT2D eigenvalue weighted by Crippen LogP contribution is 1.76. The first-order valence-corrected chi connectivity index (χ1v) is 3.90. The summed E-state index contributed by atoms with van der Waals surface area (Å²) in [6, 6.07) is 0. The van der Waals surface area contributed by atoms with Crippen LogP contribution in [0.4, 0.5) is 4.79 Å². The van der Waals surface area contributed by atoms with Crippen molar-refractivity contribution in [3.05, 3.63) is 0 Å². The molecule has 0 aromatic heterocycles. The van der Waals surface area contributed by atoms with Crippen LogP contribution in [0.1, 0.15) is 6.92 Å². The third-order valence-corrected chi connectivity index (χ3v) is 1.04. The maximum absolute atomic E-state index is 10.7. The Kier molecular flexibility index (Phi) is 7.73. The van der Waals surface area contributed by atoms with Gasteiger partial charge in [0.1, 0.15) is 6.61 Å². The zero-order chi connectivity index (χ0) is 9.23. The fourth-order valence-corrected chi connectivity index (χ4v) is 0.559. The van der Waals surface area contributed by atoms with E-state index in [0.717, 1.165) is 0 Å². The first-order valence-electron chi connectivity index (χ1n) is 3.90. The van der Waals surface area contributed by atoms with Gasteiger partial charge in [-0.1, -0.05) is 0 Å². The SMILES string of the molecule is CCOCCNC(=O)OCCO. The fraction of sp³-hybridized carbons (Fsp3) is 0.857. The van der Waals surface area contributed by atoms with Crippen molar-refractivity contribution in [2.75, 3.05) is 33.0 Å². The number of rotatable bonds is 6. The molecule has 0 aliphatic carbocycles. The van der Waals surface area contributed by atoms with Crippen LogP contribution in [0.25, 0.3) is 0 Å². The Morgan fingerprint density at radius 2 is 2.25 bits per heavy atom. The minimum Gasteiger partial charge on any atom is -0.447 e. The third-order valence-electron chi connectivity index (χ3n) is 1.04. The van der Waals surface area contributed by atoms with Crippen molar-refractivity contribution < 1.29 is 19.4 Å². The van der Waals surface area contributed by atoms with Gasteiger partial charge in [0.15, 0.2) is 0 Å². The molecule has 2 N–H and O–H groups in total. The molecule has 5 nitrogen and oxygen atoms in total. The van der Waals surface area contributed by atoms with Gasteiger partial charge in [-0.15, -0.1) is 0 Å². The van der Waals surface area contributed by atoms with Crippen LogP contribution in [-0.2, 0) is 9.47 Å². The summed E-state index contributed by atoms with van der Waals surface area (Å²) in [6.45, 7) is 3.29. The molecule has 1 amide bonds. The lowest BCUT2D eigenvalue weighted by molar-refractivity contribution is 0.111. The van der Waals surface area contributed by atoms with Gasteiger partial charge in [0.05, 0.1) is 13.2 Å². The van der Waals surface area contributed by atoms with Crippen LogP contribution in [0.5, 0.6) is 0 Å². The van der Waals surface area contributed by atoms with E-state index in [4.69, 9.17) is 9.84 Å². The van der Waals surface area contributed by atoms with Crippen molar-refractivity contribution in [1.82, 2.24) is 5.32 Å². The van der Waals surface area contributed by atoms with Crippen LogP contribution in [0, 0.1) is 0 Å². The van der Waals surface area contributed by atoms with Gasteiger partial charge in [0.25, 0.3) is 0 Å². The highest BCUT2D eigenvalue weighted by atomic mass is 16.6. The number of hydrogen-bond acceptors (Lipinski definition) is 4. The number of alkyl carbamates (subject to hydrolysis) is 1. The Morgan fingerprint density at radius 3 is 2.83 bits per heavy atom. The number of ether oxygens (including phenoxy) is 2. The maximum atomic E-state index is 10.7. The monoisotopic (exact) mass is 177 g/mol. The lowest BCUT2D eigenvalue weighted by atomic mass is 10.7. The van der Waals surface area contributed by atoms with Gasteiger partial charge in [-0.3, -0.25) is 0 Å². The normalized spacial score (nSPS) is 9.50. The summed E-state index contributed by atoms with van der Waals surface area (Å²) in [5.74, 6) is 0. The molecule has 0 rings (SSSR count). The summed E-state index contributed by atoms with van der Waals surface area (Å²) < 4.78 is 9.48. The molecule has 5 heteroatoms. The number of carbonyl (C=O) groups is 1. The molecular weight excluding hydrogens is 162 g/mol. The Bertz CT molecular complexity index is 118. The van der Waals surface area contributed by atoms with E-state index < -0.39 is 6.09 Å². The second-order valence-corrected chi connectivity index (χ2v) is 1.98. The molecule has 72 valence electrons. The molecule has 0 fully saturated rings. The summed E-state index contributed by atoms with van der Waals surface area (Å²) in [4.78, 5) is 10.7. The van der Waals surface area contributed by atoms with Gasteiger partial charge in [0, 0.05) is 13.2 Å². The van der Waals surface area contributed by atoms with Gasteiger partial charge in [0.2, 0.25) is 0 Å². The smallest absolute Gasteiger partial charge is 0.407 e. The lowest BCUT2D eigenvalue weighted by Gasteiger charge is -2.04. The van der Waals surface area contributed by atoms with Gasteiger partial charge < -0.3 is 19.9 Å². The topological polar surface area (TPSA) is 67.8 Å². The number of amides is 1. The highest BCUT2D eigenvalue weighted by molar-refractivity contribution is 5.66. The van der Waals surface area contributed by atoms with Gasteiger partial charge in [-0.25, -0.2) is 4.79 Å². The predicted molar refractivity (Wildman–Crippen MR) is 42.9 cm³/mol. The number of aliphatic hydroxyl groups is 1. The summed E-state index contributed by atoms with van der Waals surface area (Å²) >= 11 is 0. The third kappa shape index (κ3) is 7.30. The van der Waals surface area contributed by atoms with E-state index >= 15 is 0 Å². The van der Waals surface area contributed by atoms with Gasteiger partial charge in [-0.05, 0) is 6.92 Å². The van der Waals surface area contributed by atoms with Crippen LogP contribution >= 0.6 is 0 Å². The lowest BCUT2D eigenvalue weighted by Crippen LogP contribution is -2.28. The number of aliphatic hydroxyl groups excluding tert-OH is 1. The van der Waals surface area contributed by atoms with Crippen LogP contribution < -0.4 is 5.32 Å². The number of nitrogens with one attached hydrogen (secondary N) is 1. The van der Waals surface area contributed by atoms with Crippen LogP contribution in [-0.4, -0.2) is 44.2 Å². The molecule has 0 atom stereocenters. The Morgan fingerprint density at radius 1 is 1.50 bits per heavy atom. The molecular formula is C7H15NO4. The molecule has 0 saturated heterocycles. The second kappa shape index (κ2) is 8.29. The molecule has 0 unspecified atom stereocenters. The zero-order valence-electron chi connectivity index (χ0n) is 7.21. The van der Waals surface area contributed by atoms with E-state index in [1.165, 1.54) is 0 Å². The first kappa shape index (κ1) is 11.2. The van der Waals surface area contributed by atoms with Crippen LogP contribution in [0.2, 0.25) is 0 Å². The molecule has 0 spiro atoms. The van der Waals surface area contributed by atoms with Gasteiger partial charge in [-0.2, -0.15) is 0 Å². The van der Waals surface area contributed by atoms with Crippen molar-refractivity contribution in [2.45, 2.75) is 6.92 Å². The maximum Gasteiger partial charge on any atom is 0.407 e. The number of hydrogen-bond donors (Lipinski definition) is 2. The summed E-state index contributed by atoms with van der Waals surface area (Å²) in [5, 5.41) is 10.8. The molecule has 12 heavy (non-hydrogen) atoms. The van der Waals surface area contributed by atoms with Crippen molar-refractivity contribution in [1.29, 1.82) is 0 Å². The molecule has 0 radical (unpaired) electrons. The minimum atomic E-state index is -0.524. The van der Waals surface area contributed by atoms with Crippen LogP contribution in [0.15, 0.2) is 0 Å². The molecule has 0 heterocycles. The molecule has 0 bridgehead atoms. The van der Waals surface area contributed by atoms with Crippen molar-refractivity contribution in [3.8, 4) is 0 Å². The molecule has 0 aliphatic heterocycles. The minimum absolute atomic E-state index is 0.0282. The number of carbonyl (C=O) groups excluding carboxylic acids is 1. The zero-order valence-corrected chi connectivity index (χ0v) is 7.21. The standard InChI is InChI=1S/C7H15NO4/c1-2-11-5-3-8-7(10)12-6-4-9/h9H,2-6H2,1H3,(H,8,10). The van der Waals surface area contributed by atoms with Crippen molar-refractivity contribution >= 4 is 6.09 Å². The van der Waals surface area contributed by atoms with E-state index in [0.29, 0.717) is 19.8 Å². The highest BCUT2D eigenvalue weighted by Gasteiger charge is 1.98. The molecule has 0 saturated carbocycles. The molecule has 0 aromatic rings. The molecule has 0 aromatic carbocycles. The molecule has 0 aliphatic rings. The van der Waals surface area contributed by atoms with E-state index in [-0.39, 0.29) is 13.2 Å². The van der Waals surface area contributed by atoms with Crippen molar-refractivity contribution in [3.63, 3.8) is 0 Å². The average Bonchev–Trinajstić information content (AvgIpc) is 2.09. The van der Waals surface area contributed by atoms with Crippen LogP contribution in [0.3, 0.4) is 0 Å². The van der Waals surface area contributed by atoms with E-state index in [9.17, 15) is 4.79 Å². The predicted octanol–water partition coefficient (Wildman–Crippen LogP) is -0.259. The Balaban J connectivity index is 3.08. The summed E-state index contributed by atoms with van der Waals surface area (Å²) in [7, 11) is 0. The Hall–Kier alpha value is -0.810. The van der Waals surface area contributed by atoms with Gasteiger partial charge >= 0.3 is 6.09 Å². The Labute approximate surface area is 71.7 Å². The van der Waals surface area contributed by atoms with E-state index in [1.54, 1.807) is 0 Å². The van der Waals surface area contributed by atoms with Crippen molar-refractivity contribution in [2.24, 2.45) is 0 Å². The van der Waals surface area contributed by atoms with E-state index in [2.05, 4.69) is 10.1 Å². The second-order valence-electron chi connectivity index (χ2n) is 1.98. The summed E-state index contributed by atoms with van der Waals surface area (Å²) in [6.07, 6.45) is -0.524. The van der Waals surface area contributed by atoms with E-state index in [1.807, 2.05) is 6.92 Å². The largest absolute Gasteiger partial charge is 0.447 e. The average molecular weight is 177 g/mol.